The Bertz CT molecular complexity index is 1090. The Labute approximate surface area is 146 Å². The number of nitrogens with one attached hydrogen (secondary N) is 1. The molecular weight excluding hydrogens is 376 g/mol. The number of benzene rings is 1. The smallest absolute Gasteiger partial charge is 0.419 e. The average Bonchev–Trinajstić information content (AvgIpc) is 2.85. The second kappa shape index (κ2) is 6.20. The molecule has 0 unspecified atom stereocenters. The normalized spacial score (nSPS) is 11.9. The minimum atomic E-state index is -4.85. The molecule has 0 aliphatic heterocycles. The number of carbonyl (C=O) groups is 1. The van der Waals surface area contributed by atoms with Crippen LogP contribution in [0.5, 0.6) is 0 Å². The van der Waals surface area contributed by atoms with Gasteiger partial charge in [0.05, 0.1) is 21.8 Å². The zero-order valence-corrected chi connectivity index (χ0v) is 13.8. The highest BCUT2D eigenvalue weighted by Gasteiger charge is 2.34. The first kappa shape index (κ1) is 18.1. The van der Waals surface area contributed by atoms with Crippen LogP contribution < -0.4 is 10.7 Å². The van der Waals surface area contributed by atoms with Crippen molar-refractivity contribution in [2.45, 2.75) is 19.5 Å². The minimum absolute atomic E-state index is 0.0355. The molecule has 3 aromatic rings. The van der Waals surface area contributed by atoms with E-state index in [0.29, 0.717) is 12.1 Å². The molecule has 0 amide bonds. The molecule has 3 rings (SSSR count). The summed E-state index contributed by atoms with van der Waals surface area (Å²) in [6.07, 6.45) is -5.04. The van der Waals surface area contributed by atoms with Crippen LogP contribution in [-0.2, 0) is 12.6 Å². The van der Waals surface area contributed by atoms with Gasteiger partial charge >= 0.3 is 6.18 Å². The van der Waals surface area contributed by atoms with Gasteiger partial charge in [0.2, 0.25) is 0 Å². The van der Waals surface area contributed by atoms with Crippen LogP contribution in [0.1, 0.15) is 32.2 Å². The third kappa shape index (κ3) is 3.19. The van der Waals surface area contributed by atoms with Gasteiger partial charge in [-0.3, -0.25) is 4.79 Å². The number of carbonyl (C=O) groups excluding carboxylic acids is 1. The van der Waals surface area contributed by atoms with Crippen LogP contribution in [0, 0.1) is 12.7 Å². The number of hydrogen-bond donors (Lipinski definition) is 1. The van der Waals surface area contributed by atoms with Gasteiger partial charge in [-0.15, -0.1) is 11.3 Å². The number of aryl methyl sites for hydroxylation is 1. The molecule has 0 fully saturated rings. The standard InChI is InChI=1S/C16H10F4N2O3S/c1-6-11-13(23)21-10(22-14(11)26-12(6)15(24)25)5-7-2-3-9(17)8(4-7)16(18,19)20/h2-4H,5H2,1H3,(H,24,25)(H,21,22,23)/p-1. The molecule has 0 saturated heterocycles. The fraction of sp³-hybridized carbons (Fsp3) is 0.188. The van der Waals surface area contributed by atoms with Gasteiger partial charge in [0.25, 0.3) is 5.56 Å². The van der Waals surface area contributed by atoms with E-state index in [4.69, 9.17) is 0 Å². The molecule has 5 nitrogen and oxygen atoms in total. The van der Waals surface area contributed by atoms with E-state index in [0.717, 1.165) is 17.4 Å². The van der Waals surface area contributed by atoms with Crippen LogP contribution in [0.25, 0.3) is 10.2 Å². The summed E-state index contributed by atoms with van der Waals surface area (Å²) in [7, 11) is 0. The molecule has 1 N–H and O–H groups in total. The molecule has 0 aliphatic rings. The van der Waals surface area contributed by atoms with Gasteiger partial charge < -0.3 is 14.9 Å². The van der Waals surface area contributed by atoms with Crippen molar-refractivity contribution in [2.24, 2.45) is 0 Å². The molecule has 2 heterocycles. The molecule has 0 bridgehead atoms. The summed E-state index contributed by atoms with van der Waals surface area (Å²) in [6, 6.07) is 2.49. The summed E-state index contributed by atoms with van der Waals surface area (Å²) >= 11 is 0.748. The van der Waals surface area contributed by atoms with Crippen molar-refractivity contribution >= 4 is 27.5 Å². The lowest BCUT2D eigenvalue weighted by Crippen LogP contribution is -2.21. The Morgan fingerprint density at radius 1 is 1.35 bits per heavy atom. The lowest BCUT2D eigenvalue weighted by Gasteiger charge is -2.10. The molecule has 0 aliphatic carbocycles. The van der Waals surface area contributed by atoms with Gasteiger partial charge in [0.15, 0.2) is 0 Å². The fourth-order valence-corrected chi connectivity index (χ4v) is 3.60. The van der Waals surface area contributed by atoms with E-state index in [9.17, 15) is 32.3 Å². The van der Waals surface area contributed by atoms with Crippen LogP contribution in [0.2, 0.25) is 0 Å². The van der Waals surface area contributed by atoms with Crippen molar-refractivity contribution in [1.82, 2.24) is 9.97 Å². The van der Waals surface area contributed by atoms with Crippen LogP contribution in [0.3, 0.4) is 0 Å². The SMILES string of the molecule is Cc1c(C(=O)[O-])sc2nc(Cc3ccc(F)c(C(F)(F)F)c3)[nH]c(=O)c12. The maximum atomic E-state index is 13.3. The topological polar surface area (TPSA) is 85.9 Å². The highest BCUT2D eigenvalue weighted by atomic mass is 32.1. The van der Waals surface area contributed by atoms with Crippen LogP contribution in [-0.4, -0.2) is 15.9 Å². The van der Waals surface area contributed by atoms with Gasteiger partial charge in [-0.1, -0.05) is 6.07 Å². The fourth-order valence-electron chi connectivity index (χ4n) is 2.56. The Kier molecular flexibility index (Phi) is 4.31. The zero-order valence-electron chi connectivity index (χ0n) is 13.0. The number of aromatic nitrogens is 2. The van der Waals surface area contributed by atoms with Crippen molar-refractivity contribution < 1.29 is 27.5 Å². The van der Waals surface area contributed by atoms with Crippen molar-refractivity contribution in [3.8, 4) is 0 Å². The van der Waals surface area contributed by atoms with Gasteiger partial charge in [-0.2, -0.15) is 13.2 Å². The number of aromatic carboxylic acids is 1. The third-order valence-corrected chi connectivity index (χ3v) is 4.91. The molecule has 26 heavy (non-hydrogen) atoms. The van der Waals surface area contributed by atoms with Crippen LogP contribution in [0.4, 0.5) is 17.6 Å². The van der Waals surface area contributed by atoms with Gasteiger partial charge in [0, 0.05) is 6.42 Å². The Hall–Kier alpha value is -2.75. The van der Waals surface area contributed by atoms with E-state index in [1.54, 1.807) is 0 Å². The summed E-state index contributed by atoms with van der Waals surface area (Å²) in [5.41, 5.74) is -1.71. The van der Waals surface area contributed by atoms with Crippen molar-refractivity contribution in [3.63, 3.8) is 0 Å². The van der Waals surface area contributed by atoms with Gasteiger partial charge in [-0.25, -0.2) is 9.37 Å². The molecular formula is C16H9F4N2O3S-. The van der Waals surface area contributed by atoms with Gasteiger partial charge in [0.1, 0.15) is 16.5 Å². The van der Waals surface area contributed by atoms with E-state index in [2.05, 4.69) is 9.97 Å². The van der Waals surface area contributed by atoms with E-state index >= 15 is 0 Å². The highest BCUT2D eigenvalue weighted by Crippen LogP contribution is 2.32. The van der Waals surface area contributed by atoms with Crippen molar-refractivity contribution in [3.05, 3.63) is 61.8 Å². The number of rotatable bonds is 3. The Balaban J connectivity index is 2.05. The number of carboxylic acids is 1. The number of H-pyrrole nitrogens is 1. The summed E-state index contributed by atoms with van der Waals surface area (Å²) < 4.78 is 51.7. The van der Waals surface area contributed by atoms with E-state index in [1.807, 2.05) is 0 Å². The molecule has 0 spiro atoms. The van der Waals surface area contributed by atoms with Crippen LogP contribution >= 0.6 is 11.3 Å². The maximum Gasteiger partial charge on any atom is 0.419 e. The predicted octanol–water partition coefficient (Wildman–Crippen LogP) is 2.41. The number of carboxylic acid groups (broad SMARTS) is 1. The highest BCUT2D eigenvalue weighted by molar-refractivity contribution is 7.20. The molecule has 10 heteroatoms. The number of hydrogen-bond acceptors (Lipinski definition) is 5. The summed E-state index contributed by atoms with van der Waals surface area (Å²) in [5.74, 6) is -2.81. The molecule has 1 aromatic carbocycles. The molecule has 0 atom stereocenters. The molecule has 2 aromatic heterocycles. The van der Waals surface area contributed by atoms with E-state index in [1.165, 1.54) is 6.92 Å². The second-order valence-electron chi connectivity index (χ2n) is 5.53. The number of halogens is 4. The molecule has 0 saturated carbocycles. The Morgan fingerprint density at radius 3 is 2.65 bits per heavy atom. The number of aromatic amines is 1. The van der Waals surface area contributed by atoms with Crippen molar-refractivity contribution in [1.29, 1.82) is 0 Å². The predicted molar refractivity (Wildman–Crippen MR) is 83.5 cm³/mol. The van der Waals surface area contributed by atoms with Crippen molar-refractivity contribution in [2.75, 3.05) is 0 Å². The largest absolute Gasteiger partial charge is 0.544 e. The first-order chi connectivity index (χ1) is 12.1. The summed E-state index contributed by atoms with van der Waals surface area (Å²) in [4.78, 5) is 29.8. The number of alkyl halides is 3. The first-order valence-corrected chi connectivity index (χ1v) is 7.99. The number of fused-ring (bicyclic) bond motifs is 1. The average molecular weight is 385 g/mol. The minimum Gasteiger partial charge on any atom is -0.544 e. The van der Waals surface area contributed by atoms with Gasteiger partial charge in [-0.05, 0) is 30.2 Å². The lowest BCUT2D eigenvalue weighted by atomic mass is 10.1. The number of nitrogens with zero attached hydrogens (tertiary/aromatic N) is 1. The van der Waals surface area contributed by atoms with Crippen LogP contribution in [0.15, 0.2) is 23.0 Å². The molecule has 136 valence electrons. The summed E-state index contributed by atoms with van der Waals surface area (Å²) in [5, 5.41) is 11.2. The molecule has 0 radical (unpaired) electrons. The van der Waals surface area contributed by atoms with E-state index < -0.39 is 29.1 Å². The third-order valence-electron chi connectivity index (χ3n) is 3.74. The number of thiophene rings is 1. The Morgan fingerprint density at radius 2 is 2.04 bits per heavy atom. The monoisotopic (exact) mass is 385 g/mol. The first-order valence-electron chi connectivity index (χ1n) is 7.17. The summed E-state index contributed by atoms with van der Waals surface area (Å²) in [6.45, 7) is 1.44. The zero-order chi connectivity index (χ0) is 19.2. The quantitative estimate of drug-likeness (QED) is 0.702. The lowest BCUT2D eigenvalue weighted by molar-refractivity contribution is -0.254. The second-order valence-corrected chi connectivity index (χ2v) is 6.52. The maximum absolute atomic E-state index is 13.3. The van der Waals surface area contributed by atoms with E-state index in [-0.39, 0.29) is 38.5 Å².